The molecule has 1 amide bonds. The fourth-order valence-electron chi connectivity index (χ4n) is 3.23. The van der Waals surface area contributed by atoms with Crippen LogP contribution < -0.4 is 5.32 Å². The van der Waals surface area contributed by atoms with Crippen LogP contribution in [-0.4, -0.2) is 54.0 Å². The second-order valence-electron chi connectivity index (χ2n) is 6.84. The van der Waals surface area contributed by atoms with E-state index in [0.717, 1.165) is 25.2 Å². The van der Waals surface area contributed by atoms with Gasteiger partial charge >= 0.3 is 0 Å². The third-order valence-corrected chi connectivity index (χ3v) is 4.86. The smallest absolute Gasteiger partial charge is 0.252 e. The molecular formula is C21H22F2N2O3. The molecule has 1 fully saturated rings. The molecule has 0 bridgehead atoms. The number of amides is 1. The van der Waals surface area contributed by atoms with Crippen molar-refractivity contribution in [3.63, 3.8) is 0 Å². The summed E-state index contributed by atoms with van der Waals surface area (Å²) in [5.41, 5.74) is -0.0834. The zero-order chi connectivity index (χ0) is 20.1. The van der Waals surface area contributed by atoms with Crippen LogP contribution in [-0.2, 0) is 0 Å². The van der Waals surface area contributed by atoms with E-state index in [0.29, 0.717) is 25.9 Å². The predicted octanol–water partition coefficient (Wildman–Crippen LogP) is 2.38. The molecule has 2 aromatic rings. The number of nitrogens with one attached hydrogen (secondary N) is 1. The van der Waals surface area contributed by atoms with E-state index in [4.69, 9.17) is 0 Å². The number of ketones is 1. The van der Waals surface area contributed by atoms with Crippen molar-refractivity contribution in [3.8, 4) is 0 Å². The first-order valence-corrected chi connectivity index (χ1v) is 9.23. The van der Waals surface area contributed by atoms with Crippen molar-refractivity contribution < 1.29 is 23.5 Å². The van der Waals surface area contributed by atoms with Crippen molar-refractivity contribution in [1.29, 1.82) is 0 Å². The van der Waals surface area contributed by atoms with Gasteiger partial charge in [-0.25, -0.2) is 8.78 Å². The molecule has 1 aliphatic rings. The fourth-order valence-corrected chi connectivity index (χ4v) is 3.23. The first kappa shape index (κ1) is 20.1. The molecule has 0 aliphatic carbocycles. The summed E-state index contributed by atoms with van der Waals surface area (Å²) in [6.07, 6.45) is 1.10. The molecule has 0 spiro atoms. The third-order valence-electron chi connectivity index (χ3n) is 4.86. The number of carbonyl (C=O) groups excluding carboxylic acids is 2. The van der Waals surface area contributed by atoms with E-state index in [2.05, 4.69) is 10.2 Å². The summed E-state index contributed by atoms with van der Waals surface area (Å²) in [6, 6.07) is 9.68. The van der Waals surface area contributed by atoms with Crippen LogP contribution in [0.1, 0.15) is 39.1 Å². The van der Waals surface area contributed by atoms with Crippen LogP contribution in [0.3, 0.4) is 0 Å². The Kier molecular flexibility index (Phi) is 6.49. The molecule has 0 radical (unpaired) electrons. The molecule has 2 N–H and O–H groups in total. The van der Waals surface area contributed by atoms with E-state index in [-0.39, 0.29) is 22.8 Å². The number of likely N-dealkylation sites (tertiary alicyclic amines) is 1. The van der Waals surface area contributed by atoms with Gasteiger partial charge in [0, 0.05) is 37.3 Å². The minimum atomic E-state index is -1.18. The lowest BCUT2D eigenvalue weighted by molar-refractivity contribution is 0.0804. The summed E-state index contributed by atoms with van der Waals surface area (Å²) < 4.78 is 27.5. The Morgan fingerprint density at radius 3 is 2.29 bits per heavy atom. The van der Waals surface area contributed by atoms with Crippen LogP contribution in [0.4, 0.5) is 8.78 Å². The number of aliphatic hydroxyl groups excluding tert-OH is 1. The Morgan fingerprint density at radius 1 is 1.04 bits per heavy atom. The first-order chi connectivity index (χ1) is 13.5. The van der Waals surface area contributed by atoms with Gasteiger partial charge in [0.1, 0.15) is 0 Å². The second kappa shape index (κ2) is 9.03. The van der Waals surface area contributed by atoms with Crippen molar-refractivity contribution in [2.75, 3.05) is 26.2 Å². The van der Waals surface area contributed by atoms with Crippen molar-refractivity contribution in [2.24, 2.45) is 0 Å². The summed E-state index contributed by atoms with van der Waals surface area (Å²) in [7, 11) is 0. The van der Waals surface area contributed by atoms with E-state index in [9.17, 15) is 23.5 Å². The first-order valence-electron chi connectivity index (χ1n) is 9.23. The second-order valence-corrected chi connectivity index (χ2v) is 6.84. The van der Waals surface area contributed by atoms with E-state index in [1.165, 1.54) is 0 Å². The molecule has 1 heterocycles. The van der Waals surface area contributed by atoms with Crippen LogP contribution in [0.5, 0.6) is 0 Å². The molecule has 0 unspecified atom stereocenters. The average Bonchev–Trinajstić information content (AvgIpc) is 2.71. The van der Waals surface area contributed by atoms with E-state index >= 15 is 0 Å². The maximum absolute atomic E-state index is 13.7. The van der Waals surface area contributed by atoms with Gasteiger partial charge < -0.3 is 15.3 Å². The van der Waals surface area contributed by atoms with Gasteiger partial charge in [0.15, 0.2) is 17.4 Å². The Bertz CT molecular complexity index is 850. The Labute approximate surface area is 162 Å². The SMILES string of the molecule is O=C(NCCN1CCC(O)CC1)c1cc(F)c(F)cc1C(=O)c1ccccc1. The molecule has 3 rings (SSSR count). The van der Waals surface area contributed by atoms with E-state index in [1.807, 2.05) is 0 Å². The number of hydrogen-bond donors (Lipinski definition) is 2. The van der Waals surface area contributed by atoms with Gasteiger partial charge in [0.2, 0.25) is 0 Å². The molecule has 0 aromatic heterocycles. The van der Waals surface area contributed by atoms with Crippen LogP contribution in [0, 0.1) is 11.6 Å². The van der Waals surface area contributed by atoms with Crippen LogP contribution in [0.25, 0.3) is 0 Å². The molecule has 5 nitrogen and oxygen atoms in total. The highest BCUT2D eigenvalue weighted by Gasteiger charge is 2.22. The van der Waals surface area contributed by atoms with Crippen LogP contribution in [0.15, 0.2) is 42.5 Å². The summed E-state index contributed by atoms with van der Waals surface area (Å²) >= 11 is 0. The molecule has 2 aromatic carbocycles. The maximum Gasteiger partial charge on any atom is 0.252 e. The minimum Gasteiger partial charge on any atom is -0.393 e. The van der Waals surface area contributed by atoms with Gasteiger partial charge in [-0.1, -0.05) is 30.3 Å². The predicted molar refractivity (Wildman–Crippen MR) is 100 cm³/mol. The third kappa shape index (κ3) is 4.79. The number of nitrogens with zero attached hydrogens (tertiary/aromatic N) is 1. The van der Waals surface area contributed by atoms with Crippen molar-refractivity contribution in [1.82, 2.24) is 10.2 Å². The van der Waals surface area contributed by atoms with E-state index in [1.54, 1.807) is 30.3 Å². The summed E-state index contributed by atoms with van der Waals surface area (Å²) in [6.45, 7) is 2.34. The van der Waals surface area contributed by atoms with Crippen LogP contribution >= 0.6 is 0 Å². The van der Waals surface area contributed by atoms with Gasteiger partial charge in [-0.15, -0.1) is 0 Å². The monoisotopic (exact) mass is 388 g/mol. The van der Waals surface area contributed by atoms with E-state index < -0.39 is 23.3 Å². The van der Waals surface area contributed by atoms with Gasteiger partial charge in [-0.3, -0.25) is 9.59 Å². The molecule has 1 aliphatic heterocycles. The zero-order valence-electron chi connectivity index (χ0n) is 15.3. The molecule has 0 atom stereocenters. The molecule has 7 heteroatoms. The quantitative estimate of drug-likeness (QED) is 0.746. The Hall–Kier alpha value is -2.64. The van der Waals surface area contributed by atoms with Crippen molar-refractivity contribution in [3.05, 3.63) is 70.8 Å². The highest BCUT2D eigenvalue weighted by molar-refractivity contribution is 6.15. The van der Waals surface area contributed by atoms with Crippen molar-refractivity contribution in [2.45, 2.75) is 18.9 Å². The van der Waals surface area contributed by atoms with Gasteiger partial charge in [0.25, 0.3) is 5.91 Å². The number of hydrogen-bond acceptors (Lipinski definition) is 4. The van der Waals surface area contributed by atoms with Crippen LogP contribution in [0.2, 0.25) is 0 Å². The number of rotatable bonds is 6. The zero-order valence-corrected chi connectivity index (χ0v) is 15.3. The Balaban J connectivity index is 1.72. The van der Waals surface area contributed by atoms with Gasteiger partial charge in [-0.05, 0) is 25.0 Å². The lowest BCUT2D eigenvalue weighted by Crippen LogP contribution is -2.41. The molecular weight excluding hydrogens is 366 g/mol. The summed E-state index contributed by atoms with van der Waals surface area (Å²) in [4.78, 5) is 27.3. The fraction of sp³-hybridized carbons (Fsp3) is 0.333. The lowest BCUT2D eigenvalue weighted by atomic mass is 9.97. The summed E-state index contributed by atoms with van der Waals surface area (Å²) in [5, 5.41) is 12.2. The number of carbonyl (C=O) groups is 2. The highest BCUT2D eigenvalue weighted by Crippen LogP contribution is 2.19. The molecule has 28 heavy (non-hydrogen) atoms. The topological polar surface area (TPSA) is 69.6 Å². The molecule has 148 valence electrons. The number of benzene rings is 2. The molecule has 0 saturated carbocycles. The number of piperidine rings is 1. The van der Waals surface area contributed by atoms with Gasteiger partial charge in [0.05, 0.1) is 11.7 Å². The molecule has 1 saturated heterocycles. The highest BCUT2D eigenvalue weighted by atomic mass is 19.2. The number of halogens is 2. The minimum absolute atomic E-state index is 0.177. The average molecular weight is 388 g/mol. The lowest BCUT2D eigenvalue weighted by Gasteiger charge is -2.29. The largest absolute Gasteiger partial charge is 0.393 e. The maximum atomic E-state index is 13.7. The van der Waals surface area contributed by atoms with Crippen molar-refractivity contribution >= 4 is 11.7 Å². The van der Waals surface area contributed by atoms with Gasteiger partial charge in [-0.2, -0.15) is 0 Å². The standard InChI is InChI=1S/C21H22F2N2O3/c22-18-12-16(20(27)14-4-2-1-3-5-14)17(13-19(18)23)21(28)24-8-11-25-9-6-15(26)7-10-25/h1-5,12-13,15,26H,6-11H2,(H,24,28). The number of aliphatic hydroxyl groups is 1. The normalized spacial score (nSPS) is 15.4. The Morgan fingerprint density at radius 2 is 1.64 bits per heavy atom. The summed E-state index contributed by atoms with van der Waals surface area (Å²) in [5.74, 6) is -3.53.